The molecule has 3 rings (SSSR count). The van der Waals surface area contributed by atoms with Gasteiger partial charge in [-0.3, -0.25) is 0 Å². The van der Waals surface area contributed by atoms with Crippen LogP contribution >= 0.6 is 11.8 Å². The molecule has 2 aromatic carbocycles. The van der Waals surface area contributed by atoms with Crippen molar-refractivity contribution in [2.75, 3.05) is 19.0 Å². The van der Waals surface area contributed by atoms with Crippen LogP contribution in [-0.4, -0.2) is 19.0 Å². The van der Waals surface area contributed by atoms with Crippen molar-refractivity contribution >= 4 is 11.8 Å². The van der Waals surface area contributed by atoms with Gasteiger partial charge in [0, 0.05) is 16.7 Å². The predicted octanol–water partition coefficient (Wildman–Crippen LogP) is 3.56. The van der Waals surface area contributed by atoms with E-state index in [1.54, 1.807) is 11.8 Å². The lowest BCUT2D eigenvalue weighted by atomic mass is 10.1. The molecule has 2 N–H and O–H groups in total. The van der Waals surface area contributed by atoms with Crippen LogP contribution in [-0.2, 0) is 0 Å². The number of fused-ring (bicyclic) bond motifs is 1. The summed E-state index contributed by atoms with van der Waals surface area (Å²) in [6, 6.07) is 14.4. The molecule has 21 heavy (non-hydrogen) atoms. The predicted molar refractivity (Wildman–Crippen MR) is 86.3 cm³/mol. The van der Waals surface area contributed by atoms with Gasteiger partial charge in [-0.15, -0.1) is 11.8 Å². The van der Waals surface area contributed by atoms with Crippen LogP contribution in [0.15, 0.2) is 47.4 Å². The highest BCUT2D eigenvalue weighted by molar-refractivity contribution is 7.99. The Balaban J connectivity index is 1.66. The first-order valence-electron chi connectivity index (χ1n) is 7.07. The third kappa shape index (κ3) is 3.52. The first-order chi connectivity index (χ1) is 10.2. The van der Waals surface area contributed by atoms with Gasteiger partial charge in [-0.1, -0.05) is 23.8 Å². The molecule has 1 atom stereocenters. The van der Waals surface area contributed by atoms with Gasteiger partial charge >= 0.3 is 0 Å². The molecule has 4 heteroatoms. The van der Waals surface area contributed by atoms with E-state index in [0.717, 1.165) is 22.8 Å². The van der Waals surface area contributed by atoms with Crippen LogP contribution in [0.1, 0.15) is 17.2 Å². The quantitative estimate of drug-likeness (QED) is 0.877. The number of aryl methyl sites for hydroxylation is 1. The van der Waals surface area contributed by atoms with E-state index in [1.807, 2.05) is 18.2 Å². The van der Waals surface area contributed by atoms with E-state index in [0.29, 0.717) is 13.2 Å². The molecule has 0 saturated heterocycles. The van der Waals surface area contributed by atoms with Gasteiger partial charge in [0.25, 0.3) is 0 Å². The topological polar surface area (TPSA) is 44.5 Å². The van der Waals surface area contributed by atoms with E-state index >= 15 is 0 Å². The van der Waals surface area contributed by atoms with E-state index in [9.17, 15) is 0 Å². The normalized spacial score (nSPS) is 14.8. The molecule has 0 fully saturated rings. The number of ether oxygens (including phenoxy) is 2. The second kappa shape index (κ2) is 6.41. The molecule has 0 radical (unpaired) electrons. The number of nitrogens with two attached hydrogens (primary N) is 1. The fourth-order valence-electron chi connectivity index (χ4n) is 2.28. The van der Waals surface area contributed by atoms with E-state index < -0.39 is 0 Å². The molecular weight excluding hydrogens is 282 g/mol. The van der Waals surface area contributed by atoms with Crippen molar-refractivity contribution in [1.82, 2.24) is 0 Å². The Bertz CT molecular complexity index is 630. The van der Waals surface area contributed by atoms with Crippen LogP contribution in [0.3, 0.4) is 0 Å². The minimum atomic E-state index is -0.0219. The van der Waals surface area contributed by atoms with Crippen LogP contribution in [0.4, 0.5) is 0 Å². The summed E-state index contributed by atoms with van der Waals surface area (Å²) in [4.78, 5) is 1.25. The fourth-order valence-corrected chi connectivity index (χ4v) is 3.29. The van der Waals surface area contributed by atoms with E-state index in [1.165, 1.54) is 10.5 Å². The Labute approximate surface area is 129 Å². The largest absolute Gasteiger partial charge is 0.486 e. The monoisotopic (exact) mass is 301 g/mol. The number of hydrogen-bond acceptors (Lipinski definition) is 4. The van der Waals surface area contributed by atoms with Crippen molar-refractivity contribution in [2.45, 2.75) is 17.9 Å². The maximum Gasteiger partial charge on any atom is 0.161 e. The van der Waals surface area contributed by atoms with Gasteiger partial charge in [-0.25, -0.2) is 0 Å². The lowest BCUT2D eigenvalue weighted by Gasteiger charge is -2.20. The molecule has 0 amide bonds. The zero-order chi connectivity index (χ0) is 14.7. The molecule has 110 valence electrons. The molecule has 0 saturated carbocycles. The lowest BCUT2D eigenvalue weighted by Crippen LogP contribution is -2.17. The number of hydrogen-bond donors (Lipinski definition) is 1. The summed E-state index contributed by atoms with van der Waals surface area (Å²) < 4.78 is 11.1. The van der Waals surface area contributed by atoms with Crippen molar-refractivity contribution in [2.24, 2.45) is 5.73 Å². The van der Waals surface area contributed by atoms with Gasteiger partial charge in [-0.05, 0) is 36.8 Å². The van der Waals surface area contributed by atoms with E-state index in [-0.39, 0.29) is 6.04 Å². The zero-order valence-corrected chi connectivity index (χ0v) is 12.9. The summed E-state index contributed by atoms with van der Waals surface area (Å²) in [7, 11) is 0. The van der Waals surface area contributed by atoms with E-state index in [2.05, 4.69) is 31.2 Å². The standard InChI is InChI=1S/C17H19NO2S/c1-12-3-2-4-14(9-12)21-11-15(18)13-5-6-16-17(10-13)20-8-7-19-16/h2-6,9-10,15H,7-8,11,18H2,1H3. The summed E-state index contributed by atoms with van der Waals surface area (Å²) in [5.41, 5.74) is 8.65. The van der Waals surface area contributed by atoms with Gasteiger partial charge in [0.2, 0.25) is 0 Å². The Kier molecular flexibility index (Phi) is 4.36. The van der Waals surface area contributed by atoms with Crippen molar-refractivity contribution in [3.05, 3.63) is 53.6 Å². The molecule has 1 heterocycles. The Morgan fingerprint density at radius 1 is 1.10 bits per heavy atom. The summed E-state index contributed by atoms with van der Waals surface area (Å²) in [6.45, 7) is 3.32. The van der Waals surface area contributed by atoms with Crippen LogP contribution < -0.4 is 15.2 Å². The van der Waals surface area contributed by atoms with Gasteiger partial charge in [0.15, 0.2) is 11.5 Å². The molecule has 1 unspecified atom stereocenters. The SMILES string of the molecule is Cc1cccc(SCC(N)c2ccc3c(c2)OCCO3)c1. The third-order valence-corrected chi connectivity index (χ3v) is 4.53. The van der Waals surface area contributed by atoms with Crippen LogP contribution in [0, 0.1) is 6.92 Å². The van der Waals surface area contributed by atoms with Crippen LogP contribution in [0.5, 0.6) is 11.5 Å². The van der Waals surface area contributed by atoms with E-state index in [4.69, 9.17) is 15.2 Å². The maximum atomic E-state index is 6.30. The average Bonchev–Trinajstić information content (AvgIpc) is 2.52. The highest BCUT2D eigenvalue weighted by Crippen LogP contribution is 2.33. The Hall–Kier alpha value is -1.65. The smallest absolute Gasteiger partial charge is 0.161 e. The van der Waals surface area contributed by atoms with Gasteiger partial charge < -0.3 is 15.2 Å². The molecule has 0 aliphatic carbocycles. The summed E-state index contributed by atoms with van der Waals surface area (Å²) in [5, 5.41) is 0. The lowest BCUT2D eigenvalue weighted by molar-refractivity contribution is 0.171. The highest BCUT2D eigenvalue weighted by atomic mass is 32.2. The first-order valence-corrected chi connectivity index (χ1v) is 8.05. The van der Waals surface area contributed by atoms with Gasteiger partial charge in [-0.2, -0.15) is 0 Å². The molecule has 0 spiro atoms. The fraction of sp³-hybridized carbons (Fsp3) is 0.294. The van der Waals surface area contributed by atoms with Crippen molar-refractivity contribution in [3.8, 4) is 11.5 Å². The van der Waals surface area contributed by atoms with Crippen molar-refractivity contribution < 1.29 is 9.47 Å². The summed E-state index contributed by atoms with van der Waals surface area (Å²) in [5.74, 6) is 2.45. The Morgan fingerprint density at radius 2 is 1.90 bits per heavy atom. The maximum absolute atomic E-state index is 6.30. The third-order valence-electron chi connectivity index (χ3n) is 3.41. The molecule has 0 bridgehead atoms. The molecule has 1 aliphatic rings. The summed E-state index contributed by atoms with van der Waals surface area (Å²) in [6.07, 6.45) is 0. The molecule has 3 nitrogen and oxygen atoms in total. The zero-order valence-electron chi connectivity index (χ0n) is 12.0. The van der Waals surface area contributed by atoms with Crippen LogP contribution in [0.2, 0.25) is 0 Å². The van der Waals surface area contributed by atoms with Gasteiger partial charge in [0.05, 0.1) is 0 Å². The van der Waals surface area contributed by atoms with Crippen molar-refractivity contribution in [1.29, 1.82) is 0 Å². The second-order valence-electron chi connectivity index (χ2n) is 5.14. The molecule has 1 aliphatic heterocycles. The second-order valence-corrected chi connectivity index (χ2v) is 6.23. The highest BCUT2D eigenvalue weighted by Gasteiger charge is 2.14. The van der Waals surface area contributed by atoms with Gasteiger partial charge in [0.1, 0.15) is 13.2 Å². The Morgan fingerprint density at radius 3 is 2.71 bits per heavy atom. The number of rotatable bonds is 4. The minimum absolute atomic E-state index is 0.0219. The molecule has 2 aromatic rings. The average molecular weight is 301 g/mol. The minimum Gasteiger partial charge on any atom is -0.486 e. The summed E-state index contributed by atoms with van der Waals surface area (Å²) >= 11 is 1.78. The molecular formula is C17H19NO2S. The van der Waals surface area contributed by atoms with Crippen LogP contribution in [0.25, 0.3) is 0 Å². The van der Waals surface area contributed by atoms with Crippen molar-refractivity contribution in [3.63, 3.8) is 0 Å². The first kappa shape index (κ1) is 14.3. The number of thioether (sulfide) groups is 1. The molecule has 0 aromatic heterocycles. The number of benzene rings is 2.